The summed E-state index contributed by atoms with van der Waals surface area (Å²) in [6.45, 7) is 0. The van der Waals surface area contributed by atoms with Gasteiger partial charge in [0.2, 0.25) is 0 Å². The minimum atomic E-state index is -0.136. The maximum absolute atomic E-state index is 9.91. The molecule has 2 N–H and O–H groups in total. The highest BCUT2D eigenvalue weighted by Gasteiger charge is 2.32. The summed E-state index contributed by atoms with van der Waals surface area (Å²) < 4.78 is 0. The fourth-order valence-electron chi connectivity index (χ4n) is 2.65. The first-order chi connectivity index (χ1) is 7.33. The van der Waals surface area contributed by atoms with Crippen molar-refractivity contribution in [1.29, 1.82) is 0 Å². The first-order valence-electron chi connectivity index (χ1n) is 5.73. The molecule has 1 aliphatic carbocycles. The van der Waals surface area contributed by atoms with E-state index in [0.29, 0.717) is 12.0 Å². The smallest absolute Gasteiger partial charge is 0.0586 e. The van der Waals surface area contributed by atoms with Crippen molar-refractivity contribution in [3.63, 3.8) is 0 Å². The van der Waals surface area contributed by atoms with E-state index in [2.05, 4.69) is 29.6 Å². The lowest BCUT2D eigenvalue weighted by molar-refractivity contribution is 0.111. The third-order valence-electron chi connectivity index (χ3n) is 3.43. The maximum Gasteiger partial charge on any atom is 0.0586 e. The van der Waals surface area contributed by atoms with Crippen LogP contribution in [0.25, 0.3) is 0 Å². The minimum absolute atomic E-state index is 0.136. The molecule has 0 saturated heterocycles. The highest BCUT2D eigenvalue weighted by atomic mass is 16.3. The average molecular weight is 205 g/mol. The van der Waals surface area contributed by atoms with Gasteiger partial charge in [-0.2, -0.15) is 0 Å². The van der Waals surface area contributed by atoms with Gasteiger partial charge in [0, 0.05) is 12.0 Å². The molecule has 0 aromatic heterocycles. The normalized spacial score (nSPS) is 27.9. The second-order valence-electron chi connectivity index (χ2n) is 4.34. The SMILES string of the molecule is CN[C@@H](c1ccccc1)[C@@H]1CCC[C@@H]1O. The van der Waals surface area contributed by atoms with E-state index >= 15 is 0 Å². The van der Waals surface area contributed by atoms with Gasteiger partial charge in [-0.1, -0.05) is 36.8 Å². The third-order valence-corrected chi connectivity index (χ3v) is 3.43. The Morgan fingerprint density at radius 1 is 1.27 bits per heavy atom. The number of rotatable bonds is 3. The minimum Gasteiger partial charge on any atom is -0.393 e. The average Bonchev–Trinajstić information content (AvgIpc) is 2.68. The van der Waals surface area contributed by atoms with Crippen LogP contribution in [0, 0.1) is 5.92 Å². The number of aliphatic hydroxyl groups is 1. The summed E-state index contributed by atoms with van der Waals surface area (Å²) in [5.41, 5.74) is 1.28. The number of benzene rings is 1. The molecule has 0 unspecified atom stereocenters. The quantitative estimate of drug-likeness (QED) is 0.792. The highest BCUT2D eigenvalue weighted by molar-refractivity contribution is 5.20. The van der Waals surface area contributed by atoms with Crippen molar-refractivity contribution in [2.24, 2.45) is 5.92 Å². The van der Waals surface area contributed by atoms with E-state index in [9.17, 15) is 5.11 Å². The Balaban J connectivity index is 2.17. The Bertz CT molecular complexity index is 299. The van der Waals surface area contributed by atoms with Gasteiger partial charge in [0.05, 0.1) is 6.10 Å². The lowest BCUT2D eigenvalue weighted by Crippen LogP contribution is -2.30. The van der Waals surface area contributed by atoms with Crippen LogP contribution in [-0.4, -0.2) is 18.3 Å². The first-order valence-corrected chi connectivity index (χ1v) is 5.73. The number of nitrogens with one attached hydrogen (secondary N) is 1. The Labute approximate surface area is 91.3 Å². The van der Waals surface area contributed by atoms with Crippen LogP contribution in [0.1, 0.15) is 30.9 Å². The van der Waals surface area contributed by atoms with Crippen molar-refractivity contribution in [3.8, 4) is 0 Å². The summed E-state index contributed by atoms with van der Waals surface area (Å²) in [6, 6.07) is 10.7. The maximum atomic E-state index is 9.91. The molecular weight excluding hydrogens is 186 g/mol. The molecule has 2 nitrogen and oxygen atoms in total. The zero-order valence-corrected chi connectivity index (χ0v) is 9.19. The molecule has 3 atom stereocenters. The predicted octanol–water partition coefficient (Wildman–Crippen LogP) is 2.11. The molecule has 0 amide bonds. The van der Waals surface area contributed by atoms with Gasteiger partial charge < -0.3 is 10.4 Å². The molecule has 1 aromatic rings. The Morgan fingerprint density at radius 3 is 2.53 bits per heavy atom. The molecule has 0 aliphatic heterocycles. The van der Waals surface area contributed by atoms with E-state index < -0.39 is 0 Å². The molecule has 0 heterocycles. The van der Waals surface area contributed by atoms with Crippen molar-refractivity contribution in [3.05, 3.63) is 35.9 Å². The zero-order valence-electron chi connectivity index (χ0n) is 9.19. The Morgan fingerprint density at radius 2 is 2.00 bits per heavy atom. The van der Waals surface area contributed by atoms with E-state index in [-0.39, 0.29) is 6.10 Å². The fourth-order valence-corrected chi connectivity index (χ4v) is 2.65. The molecule has 15 heavy (non-hydrogen) atoms. The lowest BCUT2D eigenvalue weighted by atomic mass is 9.90. The number of hydrogen-bond donors (Lipinski definition) is 2. The van der Waals surface area contributed by atoms with Crippen molar-refractivity contribution in [2.45, 2.75) is 31.4 Å². The van der Waals surface area contributed by atoms with E-state index in [0.717, 1.165) is 19.3 Å². The second-order valence-corrected chi connectivity index (χ2v) is 4.34. The number of aliphatic hydroxyl groups excluding tert-OH is 1. The Kier molecular flexibility index (Phi) is 3.39. The first kappa shape index (κ1) is 10.7. The summed E-state index contributed by atoms with van der Waals surface area (Å²) in [5, 5.41) is 13.2. The fraction of sp³-hybridized carbons (Fsp3) is 0.538. The van der Waals surface area contributed by atoms with Gasteiger partial charge in [0.15, 0.2) is 0 Å². The zero-order chi connectivity index (χ0) is 10.7. The highest BCUT2D eigenvalue weighted by Crippen LogP contribution is 2.35. The molecule has 2 rings (SSSR count). The summed E-state index contributed by atoms with van der Waals surface area (Å²) in [4.78, 5) is 0. The monoisotopic (exact) mass is 205 g/mol. The van der Waals surface area contributed by atoms with Gasteiger partial charge in [0.25, 0.3) is 0 Å². The van der Waals surface area contributed by atoms with E-state index in [1.54, 1.807) is 0 Å². The summed E-state index contributed by atoms with van der Waals surface area (Å²) in [5.74, 6) is 0.373. The van der Waals surface area contributed by atoms with Crippen LogP contribution in [-0.2, 0) is 0 Å². The molecular formula is C13H19NO. The third kappa shape index (κ3) is 2.21. The topological polar surface area (TPSA) is 32.3 Å². The van der Waals surface area contributed by atoms with E-state index in [4.69, 9.17) is 0 Å². The van der Waals surface area contributed by atoms with Crippen molar-refractivity contribution in [2.75, 3.05) is 7.05 Å². The molecule has 1 aliphatic rings. The standard InChI is InChI=1S/C13H19NO/c1-14-13(10-6-3-2-4-7-10)11-8-5-9-12(11)15/h2-4,6-7,11-15H,5,8-9H2,1H3/t11-,12+,13+/m1/s1. The molecule has 1 saturated carbocycles. The van der Waals surface area contributed by atoms with Crippen molar-refractivity contribution in [1.82, 2.24) is 5.32 Å². The van der Waals surface area contributed by atoms with E-state index in [1.165, 1.54) is 5.56 Å². The molecule has 0 bridgehead atoms. The van der Waals surface area contributed by atoms with Gasteiger partial charge in [0.1, 0.15) is 0 Å². The molecule has 1 aromatic carbocycles. The van der Waals surface area contributed by atoms with Crippen LogP contribution in [0.15, 0.2) is 30.3 Å². The van der Waals surface area contributed by atoms with E-state index in [1.807, 2.05) is 13.1 Å². The summed E-state index contributed by atoms with van der Waals surface area (Å²) in [7, 11) is 1.97. The lowest BCUT2D eigenvalue weighted by Gasteiger charge is -2.26. The second kappa shape index (κ2) is 4.77. The van der Waals surface area contributed by atoms with Crippen molar-refractivity contribution < 1.29 is 5.11 Å². The van der Waals surface area contributed by atoms with Gasteiger partial charge in [-0.25, -0.2) is 0 Å². The van der Waals surface area contributed by atoms with Gasteiger partial charge >= 0.3 is 0 Å². The molecule has 0 spiro atoms. The van der Waals surface area contributed by atoms with Gasteiger partial charge in [-0.05, 0) is 25.5 Å². The Hall–Kier alpha value is -0.860. The predicted molar refractivity (Wildman–Crippen MR) is 61.6 cm³/mol. The van der Waals surface area contributed by atoms with Crippen LogP contribution in [0.4, 0.5) is 0 Å². The van der Waals surface area contributed by atoms with Crippen LogP contribution in [0.5, 0.6) is 0 Å². The van der Waals surface area contributed by atoms with Gasteiger partial charge in [-0.3, -0.25) is 0 Å². The van der Waals surface area contributed by atoms with Gasteiger partial charge in [-0.15, -0.1) is 0 Å². The molecule has 0 radical (unpaired) electrons. The number of hydrogen-bond acceptors (Lipinski definition) is 2. The van der Waals surface area contributed by atoms with Crippen LogP contribution in [0.3, 0.4) is 0 Å². The molecule has 1 fully saturated rings. The van der Waals surface area contributed by atoms with Crippen molar-refractivity contribution >= 4 is 0 Å². The largest absolute Gasteiger partial charge is 0.393 e. The van der Waals surface area contributed by atoms with Crippen LogP contribution < -0.4 is 5.32 Å². The summed E-state index contributed by atoms with van der Waals surface area (Å²) >= 11 is 0. The summed E-state index contributed by atoms with van der Waals surface area (Å²) in [6.07, 6.45) is 3.09. The molecule has 82 valence electrons. The molecule has 2 heteroatoms. The van der Waals surface area contributed by atoms with Crippen LogP contribution in [0.2, 0.25) is 0 Å². The van der Waals surface area contributed by atoms with Crippen LogP contribution >= 0.6 is 0 Å².